The van der Waals surface area contributed by atoms with E-state index in [0.717, 1.165) is 37.8 Å². The molecule has 5 heteroatoms. The van der Waals surface area contributed by atoms with Crippen molar-refractivity contribution in [2.75, 3.05) is 13.7 Å². The van der Waals surface area contributed by atoms with Crippen LogP contribution in [0.4, 0.5) is 0 Å². The number of rotatable bonds is 3. The van der Waals surface area contributed by atoms with Crippen LogP contribution in [0.25, 0.3) is 0 Å². The molecule has 0 saturated heterocycles. The van der Waals surface area contributed by atoms with Gasteiger partial charge in [0.15, 0.2) is 0 Å². The maximum atomic E-state index is 9.95. The topological polar surface area (TPSA) is 41.5 Å². The first kappa shape index (κ1) is 17.3. The number of aryl methyl sites for hydroxylation is 1. The van der Waals surface area contributed by atoms with Crippen molar-refractivity contribution in [2.45, 2.75) is 25.8 Å². The van der Waals surface area contributed by atoms with E-state index < -0.39 is 0 Å². The summed E-state index contributed by atoms with van der Waals surface area (Å²) in [4.78, 5) is 0. The van der Waals surface area contributed by atoms with Gasteiger partial charge < -0.3 is 15.2 Å². The highest BCUT2D eigenvalue weighted by Gasteiger charge is 2.22. The minimum Gasteiger partial charge on any atom is -0.508 e. The van der Waals surface area contributed by atoms with Crippen LogP contribution in [0, 0.1) is 14.1 Å². The summed E-state index contributed by atoms with van der Waals surface area (Å²) < 4.78 is 7.73. The molecule has 122 valence electrons. The van der Waals surface area contributed by atoms with E-state index in [1.54, 1.807) is 7.11 Å². The first-order valence-corrected chi connectivity index (χ1v) is 9.73. The number of benzene rings is 2. The van der Waals surface area contributed by atoms with Crippen LogP contribution in [0.3, 0.4) is 0 Å². The molecule has 1 aliphatic rings. The van der Waals surface area contributed by atoms with Crippen molar-refractivity contribution >= 4 is 45.2 Å². The smallest absolute Gasteiger partial charge is 0.145 e. The summed E-state index contributed by atoms with van der Waals surface area (Å²) in [5, 5.41) is 13.6. The van der Waals surface area contributed by atoms with Crippen LogP contribution < -0.4 is 10.1 Å². The van der Waals surface area contributed by atoms with Gasteiger partial charge in [-0.1, -0.05) is 6.07 Å². The Balaban J connectivity index is 1.92. The van der Waals surface area contributed by atoms with Crippen molar-refractivity contribution in [3.63, 3.8) is 0 Å². The van der Waals surface area contributed by atoms with E-state index in [2.05, 4.69) is 68.7 Å². The Kier molecular flexibility index (Phi) is 5.37. The first-order chi connectivity index (χ1) is 11.0. The molecule has 2 aromatic rings. The van der Waals surface area contributed by atoms with Crippen molar-refractivity contribution < 1.29 is 9.84 Å². The van der Waals surface area contributed by atoms with Crippen molar-refractivity contribution in [2.24, 2.45) is 0 Å². The molecule has 1 aliphatic heterocycles. The van der Waals surface area contributed by atoms with Gasteiger partial charge in [0, 0.05) is 6.04 Å². The second-order valence-corrected chi connectivity index (χ2v) is 8.22. The van der Waals surface area contributed by atoms with Gasteiger partial charge in [0.25, 0.3) is 0 Å². The van der Waals surface area contributed by atoms with Gasteiger partial charge >= 0.3 is 0 Å². The number of aromatic hydroxyl groups is 1. The summed E-state index contributed by atoms with van der Waals surface area (Å²) in [7, 11) is 1.72. The number of phenolic OH excluding ortho intramolecular Hbond substituents is 1. The number of methoxy groups -OCH3 is 1. The molecule has 3 nitrogen and oxygen atoms in total. The van der Waals surface area contributed by atoms with Crippen LogP contribution in [0.1, 0.15) is 28.3 Å². The number of ether oxygens (including phenoxy) is 1. The zero-order valence-electron chi connectivity index (χ0n) is 13.1. The number of nitrogens with one attached hydrogen (secondary N) is 1. The molecule has 0 radical (unpaired) electrons. The summed E-state index contributed by atoms with van der Waals surface area (Å²) in [6.45, 7) is 2.91. The van der Waals surface area contributed by atoms with E-state index in [-0.39, 0.29) is 6.04 Å². The Morgan fingerprint density at radius 1 is 1.22 bits per heavy atom. The molecule has 3 rings (SSSR count). The zero-order chi connectivity index (χ0) is 16.6. The van der Waals surface area contributed by atoms with Crippen LogP contribution in [0.15, 0.2) is 24.3 Å². The van der Waals surface area contributed by atoms with E-state index in [1.807, 2.05) is 13.0 Å². The molecule has 0 aromatic heterocycles. The molecule has 1 heterocycles. The third-order valence-electron chi connectivity index (χ3n) is 4.32. The SMILES string of the molecule is COc1c(I)cc(CC2NCCc3cc(O)c(C)cc32)cc1I. The third kappa shape index (κ3) is 3.61. The fraction of sp³-hybridized carbons (Fsp3) is 0.333. The monoisotopic (exact) mass is 535 g/mol. The summed E-state index contributed by atoms with van der Waals surface area (Å²) in [6, 6.07) is 8.74. The van der Waals surface area contributed by atoms with Crippen molar-refractivity contribution in [3.8, 4) is 11.5 Å². The lowest BCUT2D eigenvalue weighted by atomic mass is 9.89. The minimum atomic E-state index is 0.290. The summed E-state index contributed by atoms with van der Waals surface area (Å²) in [5.41, 5.74) is 4.81. The maximum absolute atomic E-state index is 9.95. The maximum Gasteiger partial charge on any atom is 0.145 e. The second-order valence-electron chi connectivity index (χ2n) is 5.89. The molecule has 0 aliphatic carbocycles. The van der Waals surface area contributed by atoms with Gasteiger partial charge in [-0.3, -0.25) is 0 Å². The number of hydrogen-bond acceptors (Lipinski definition) is 3. The number of fused-ring (bicyclic) bond motifs is 1. The fourth-order valence-electron chi connectivity index (χ4n) is 3.14. The average Bonchev–Trinajstić information content (AvgIpc) is 2.49. The van der Waals surface area contributed by atoms with Gasteiger partial charge in [-0.2, -0.15) is 0 Å². The second kappa shape index (κ2) is 7.14. The predicted molar refractivity (Wildman–Crippen MR) is 109 cm³/mol. The lowest BCUT2D eigenvalue weighted by Crippen LogP contribution is -2.31. The molecule has 0 saturated carbocycles. The standard InChI is InChI=1S/C18H19I2NO2/c1-10-5-13-12(9-17(10)22)3-4-21-16(13)8-11-6-14(19)18(23-2)15(20)7-11/h5-7,9,16,21-22H,3-4,8H2,1-2H3. The lowest BCUT2D eigenvalue weighted by Gasteiger charge is -2.28. The quantitative estimate of drug-likeness (QED) is 0.575. The first-order valence-electron chi connectivity index (χ1n) is 7.57. The van der Waals surface area contributed by atoms with Gasteiger partial charge in [0.05, 0.1) is 14.3 Å². The molecule has 0 fully saturated rings. The summed E-state index contributed by atoms with van der Waals surface area (Å²) in [5.74, 6) is 1.35. The number of halogens is 2. The van der Waals surface area contributed by atoms with Crippen LogP contribution >= 0.6 is 45.2 Å². The zero-order valence-corrected chi connectivity index (χ0v) is 17.4. The van der Waals surface area contributed by atoms with Crippen molar-refractivity contribution in [1.82, 2.24) is 5.32 Å². The highest BCUT2D eigenvalue weighted by atomic mass is 127. The normalized spacial score (nSPS) is 17.0. The molecule has 0 amide bonds. The average molecular weight is 535 g/mol. The van der Waals surface area contributed by atoms with Gasteiger partial charge in [-0.25, -0.2) is 0 Å². The highest BCUT2D eigenvalue weighted by Crippen LogP contribution is 2.33. The van der Waals surface area contributed by atoms with Gasteiger partial charge in [0.1, 0.15) is 11.5 Å². The Morgan fingerprint density at radius 3 is 2.57 bits per heavy atom. The van der Waals surface area contributed by atoms with Crippen molar-refractivity contribution in [1.29, 1.82) is 0 Å². The largest absolute Gasteiger partial charge is 0.508 e. The molecule has 1 unspecified atom stereocenters. The minimum absolute atomic E-state index is 0.290. The molecule has 1 atom stereocenters. The Hall–Kier alpha value is -0.540. The van der Waals surface area contributed by atoms with E-state index in [9.17, 15) is 5.11 Å². The fourth-order valence-corrected chi connectivity index (χ4v) is 5.47. The lowest BCUT2D eigenvalue weighted by molar-refractivity contribution is 0.408. The van der Waals surface area contributed by atoms with Crippen LogP contribution in [0.5, 0.6) is 11.5 Å². The highest BCUT2D eigenvalue weighted by molar-refractivity contribution is 14.1. The Bertz CT molecular complexity index is 723. The molecular formula is C18H19I2NO2. The van der Waals surface area contributed by atoms with E-state index in [4.69, 9.17) is 4.74 Å². The predicted octanol–water partition coefficient (Wildman–Crippen LogP) is 4.35. The Morgan fingerprint density at radius 2 is 1.91 bits per heavy atom. The van der Waals surface area contributed by atoms with Gasteiger partial charge in [-0.15, -0.1) is 0 Å². The van der Waals surface area contributed by atoms with Gasteiger partial charge in [-0.05, 0) is 112 Å². The van der Waals surface area contributed by atoms with Crippen LogP contribution in [-0.2, 0) is 12.8 Å². The summed E-state index contributed by atoms with van der Waals surface area (Å²) >= 11 is 4.66. The molecule has 0 spiro atoms. The molecule has 2 aromatic carbocycles. The Labute approximate surface area is 164 Å². The molecular weight excluding hydrogens is 516 g/mol. The van der Waals surface area contributed by atoms with E-state index in [1.165, 1.54) is 16.7 Å². The molecule has 2 N–H and O–H groups in total. The number of phenols is 1. The van der Waals surface area contributed by atoms with Gasteiger partial charge in [0.2, 0.25) is 0 Å². The molecule has 23 heavy (non-hydrogen) atoms. The number of hydrogen-bond donors (Lipinski definition) is 2. The van der Waals surface area contributed by atoms with E-state index in [0.29, 0.717) is 5.75 Å². The van der Waals surface area contributed by atoms with Crippen molar-refractivity contribution in [3.05, 3.63) is 53.7 Å². The summed E-state index contributed by atoms with van der Waals surface area (Å²) in [6.07, 6.45) is 1.91. The van der Waals surface area contributed by atoms with Crippen LogP contribution in [0.2, 0.25) is 0 Å². The molecule has 0 bridgehead atoms. The van der Waals surface area contributed by atoms with Crippen LogP contribution in [-0.4, -0.2) is 18.8 Å². The van der Waals surface area contributed by atoms with E-state index >= 15 is 0 Å². The third-order valence-corrected chi connectivity index (χ3v) is 5.92.